The molecule has 0 heterocycles. The van der Waals surface area contributed by atoms with Crippen LogP contribution in [0.25, 0.3) is 0 Å². The van der Waals surface area contributed by atoms with Crippen LogP contribution in [-0.2, 0) is 0 Å². The van der Waals surface area contributed by atoms with E-state index < -0.39 is 5.60 Å². The van der Waals surface area contributed by atoms with Gasteiger partial charge in [0.25, 0.3) is 0 Å². The molecule has 1 N–H and O–H groups in total. The van der Waals surface area contributed by atoms with Crippen molar-refractivity contribution in [1.82, 2.24) is 0 Å². The minimum Gasteiger partial charge on any atom is -0.390 e. The van der Waals surface area contributed by atoms with Crippen LogP contribution in [0.1, 0.15) is 59.8 Å². The average molecular weight is 208 g/mol. The standard InChI is InChI=1S/C14H24O/c1-5-6-7-8-14(15)10-9-13(3,4)11-12(14)2/h12,15H,7-11H2,1-4H3. The first-order valence-corrected chi connectivity index (χ1v) is 6.02. The van der Waals surface area contributed by atoms with Gasteiger partial charge in [-0.2, -0.15) is 0 Å². The monoisotopic (exact) mass is 208 g/mol. The second-order valence-corrected chi connectivity index (χ2v) is 5.80. The Hall–Kier alpha value is -0.480. The van der Waals surface area contributed by atoms with Crippen LogP contribution in [0.4, 0.5) is 0 Å². The molecule has 0 amide bonds. The third-order valence-electron chi connectivity index (χ3n) is 3.87. The Bertz CT molecular complexity index is 269. The Morgan fingerprint density at radius 2 is 2.00 bits per heavy atom. The summed E-state index contributed by atoms with van der Waals surface area (Å²) in [6.45, 7) is 8.64. The Morgan fingerprint density at radius 3 is 2.53 bits per heavy atom. The maximum atomic E-state index is 10.5. The lowest BCUT2D eigenvalue weighted by Crippen LogP contribution is -2.43. The van der Waals surface area contributed by atoms with E-state index in [0.717, 1.165) is 32.1 Å². The molecule has 0 bridgehead atoms. The van der Waals surface area contributed by atoms with Crippen molar-refractivity contribution in [2.45, 2.75) is 65.4 Å². The highest BCUT2D eigenvalue weighted by molar-refractivity contribution is 5.00. The zero-order chi connectivity index (χ0) is 11.5. The van der Waals surface area contributed by atoms with E-state index in [9.17, 15) is 5.11 Å². The molecule has 0 aromatic heterocycles. The van der Waals surface area contributed by atoms with Gasteiger partial charge in [-0.3, -0.25) is 0 Å². The van der Waals surface area contributed by atoms with Crippen molar-refractivity contribution in [3.63, 3.8) is 0 Å². The van der Waals surface area contributed by atoms with Crippen molar-refractivity contribution in [2.75, 3.05) is 0 Å². The quantitative estimate of drug-likeness (QED) is 0.690. The SMILES string of the molecule is CC#CCCC1(O)CCC(C)(C)CC1C. The Kier molecular flexibility index (Phi) is 3.84. The molecule has 2 atom stereocenters. The molecule has 0 radical (unpaired) electrons. The number of hydrogen-bond donors (Lipinski definition) is 1. The second kappa shape index (κ2) is 4.58. The molecule has 0 spiro atoms. The highest BCUT2D eigenvalue weighted by Gasteiger charge is 2.41. The van der Waals surface area contributed by atoms with Gasteiger partial charge in [0.1, 0.15) is 0 Å². The van der Waals surface area contributed by atoms with Gasteiger partial charge in [0.2, 0.25) is 0 Å². The Morgan fingerprint density at radius 1 is 1.33 bits per heavy atom. The maximum Gasteiger partial charge on any atom is 0.0682 e. The molecule has 1 rings (SSSR count). The summed E-state index contributed by atoms with van der Waals surface area (Å²) in [6, 6.07) is 0. The van der Waals surface area contributed by atoms with E-state index in [0.29, 0.717) is 11.3 Å². The van der Waals surface area contributed by atoms with Crippen LogP contribution in [0.3, 0.4) is 0 Å². The van der Waals surface area contributed by atoms with Gasteiger partial charge < -0.3 is 5.11 Å². The normalized spacial score (nSPS) is 34.3. The molecule has 1 heteroatoms. The van der Waals surface area contributed by atoms with Crippen molar-refractivity contribution in [1.29, 1.82) is 0 Å². The van der Waals surface area contributed by atoms with E-state index in [1.165, 1.54) is 0 Å². The fourth-order valence-corrected chi connectivity index (χ4v) is 2.70. The summed E-state index contributed by atoms with van der Waals surface area (Å²) in [6.07, 6.45) is 4.87. The van der Waals surface area contributed by atoms with E-state index in [4.69, 9.17) is 0 Å². The largest absolute Gasteiger partial charge is 0.390 e. The van der Waals surface area contributed by atoms with Crippen molar-refractivity contribution in [3.05, 3.63) is 0 Å². The van der Waals surface area contributed by atoms with Gasteiger partial charge in [-0.25, -0.2) is 0 Å². The van der Waals surface area contributed by atoms with Crippen molar-refractivity contribution < 1.29 is 5.11 Å². The predicted octanol–water partition coefficient (Wildman–Crippen LogP) is 3.37. The molecule has 86 valence electrons. The molecule has 1 aliphatic carbocycles. The molecule has 1 fully saturated rings. The van der Waals surface area contributed by atoms with E-state index in [-0.39, 0.29) is 0 Å². The molecule has 1 aliphatic rings. The van der Waals surface area contributed by atoms with Crippen molar-refractivity contribution >= 4 is 0 Å². The summed E-state index contributed by atoms with van der Waals surface area (Å²) in [5, 5.41) is 10.5. The van der Waals surface area contributed by atoms with Gasteiger partial charge in [-0.05, 0) is 43.9 Å². The number of aliphatic hydroxyl groups is 1. The van der Waals surface area contributed by atoms with Crippen LogP contribution in [-0.4, -0.2) is 10.7 Å². The topological polar surface area (TPSA) is 20.2 Å². The van der Waals surface area contributed by atoms with Crippen molar-refractivity contribution in [3.8, 4) is 11.8 Å². The lowest BCUT2D eigenvalue weighted by Gasteiger charge is -2.45. The summed E-state index contributed by atoms with van der Waals surface area (Å²) in [5.74, 6) is 6.35. The predicted molar refractivity (Wildman–Crippen MR) is 64.4 cm³/mol. The third-order valence-corrected chi connectivity index (χ3v) is 3.87. The molecule has 0 aliphatic heterocycles. The Labute approximate surface area is 94.3 Å². The van der Waals surface area contributed by atoms with Gasteiger partial charge in [-0.15, -0.1) is 11.8 Å². The van der Waals surface area contributed by atoms with E-state index in [2.05, 4.69) is 32.6 Å². The fraction of sp³-hybridized carbons (Fsp3) is 0.857. The lowest BCUT2D eigenvalue weighted by atomic mass is 9.64. The minimum absolute atomic E-state index is 0.403. The minimum atomic E-state index is -0.459. The molecular weight excluding hydrogens is 184 g/mol. The second-order valence-electron chi connectivity index (χ2n) is 5.80. The molecule has 0 aromatic rings. The fourth-order valence-electron chi connectivity index (χ4n) is 2.70. The average Bonchev–Trinajstić information content (AvgIpc) is 2.13. The molecule has 0 aromatic carbocycles. The smallest absolute Gasteiger partial charge is 0.0682 e. The summed E-state index contributed by atoms with van der Waals surface area (Å²) in [4.78, 5) is 0. The third kappa shape index (κ3) is 3.24. The van der Waals surface area contributed by atoms with Gasteiger partial charge >= 0.3 is 0 Å². The Balaban J connectivity index is 2.57. The molecular formula is C14H24O. The van der Waals surface area contributed by atoms with Crippen molar-refractivity contribution in [2.24, 2.45) is 11.3 Å². The molecule has 0 saturated heterocycles. The summed E-state index contributed by atoms with van der Waals surface area (Å²) >= 11 is 0. The summed E-state index contributed by atoms with van der Waals surface area (Å²) in [5.41, 5.74) is -0.0541. The van der Waals surface area contributed by atoms with Gasteiger partial charge in [0.05, 0.1) is 5.60 Å². The first-order valence-electron chi connectivity index (χ1n) is 6.02. The van der Waals surface area contributed by atoms with Gasteiger partial charge in [-0.1, -0.05) is 20.8 Å². The lowest BCUT2D eigenvalue weighted by molar-refractivity contribution is -0.0756. The summed E-state index contributed by atoms with van der Waals surface area (Å²) in [7, 11) is 0. The van der Waals surface area contributed by atoms with Gasteiger partial charge in [0, 0.05) is 6.42 Å². The van der Waals surface area contributed by atoms with Crippen LogP contribution in [0, 0.1) is 23.2 Å². The molecule has 1 nitrogen and oxygen atoms in total. The van der Waals surface area contributed by atoms with Gasteiger partial charge in [0.15, 0.2) is 0 Å². The molecule has 1 saturated carbocycles. The molecule has 15 heavy (non-hydrogen) atoms. The zero-order valence-electron chi connectivity index (χ0n) is 10.6. The first-order chi connectivity index (χ1) is 6.90. The first kappa shape index (κ1) is 12.6. The van der Waals surface area contributed by atoms with Crippen LogP contribution < -0.4 is 0 Å². The number of hydrogen-bond acceptors (Lipinski definition) is 1. The maximum absolute atomic E-state index is 10.5. The highest BCUT2D eigenvalue weighted by atomic mass is 16.3. The van der Waals surface area contributed by atoms with Crippen LogP contribution in [0.2, 0.25) is 0 Å². The van der Waals surface area contributed by atoms with Crippen LogP contribution in [0.5, 0.6) is 0 Å². The van der Waals surface area contributed by atoms with Crippen LogP contribution >= 0.6 is 0 Å². The van der Waals surface area contributed by atoms with Crippen LogP contribution in [0.15, 0.2) is 0 Å². The number of rotatable bonds is 2. The highest BCUT2D eigenvalue weighted by Crippen LogP contribution is 2.45. The van der Waals surface area contributed by atoms with E-state index in [1.807, 2.05) is 6.92 Å². The zero-order valence-corrected chi connectivity index (χ0v) is 10.6. The van der Waals surface area contributed by atoms with E-state index >= 15 is 0 Å². The molecule has 2 unspecified atom stereocenters. The summed E-state index contributed by atoms with van der Waals surface area (Å²) < 4.78 is 0. The van der Waals surface area contributed by atoms with E-state index in [1.54, 1.807) is 0 Å².